The molecule has 10 heteroatoms. The molecule has 0 aliphatic carbocycles. The van der Waals surface area contributed by atoms with E-state index in [1.807, 2.05) is 12.1 Å². The highest BCUT2D eigenvalue weighted by Gasteiger charge is 2.38. The molecule has 186 valence electrons. The monoisotopic (exact) mass is 486 g/mol. The summed E-state index contributed by atoms with van der Waals surface area (Å²) in [6.07, 6.45) is -0.114. The maximum absolute atomic E-state index is 13.6. The molecule has 0 radical (unpaired) electrons. The molecule has 4 rings (SSSR count). The number of hydrogen-bond acceptors (Lipinski definition) is 7. The van der Waals surface area contributed by atoms with Gasteiger partial charge in [-0.3, -0.25) is 4.79 Å². The van der Waals surface area contributed by atoms with Gasteiger partial charge in [-0.15, -0.1) is 0 Å². The lowest BCUT2D eigenvalue weighted by Crippen LogP contribution is -2.38. The van der Waals surface area contributed by atoms with Crippen molar-refractivity contribution in [3.05, 3.63) is 47.3 Å². The van der Waals surface area contributed by atoms with Gasteiger partial charge in [0.25, 0.3) is 0 Å². The SMILES string of the molecule is N#Cc1ccc(CCCC(=O)[C@@H]2CCCN2c2cc(NC3CCNCC3)nc(C(F)(F)F)n2)cc1. The predicted molar refractivity (Wildman–Crippen MR) is 126 cm³/mol. The van der Waals surface area contributed by atoms with E-state index >= 15 is 0 Å². The Balaban J connectivity index is 1.45. The van der Waals surface area contributed by atoms with Crippen molar-refractivity contribution < 1.29 is 18.0 Å². The van der Waals surface area contributed by atoms with Crippen molar-refractivity contribution in [2.24, 2.45) is 0 Å². The zero-order chi connectivity index (χ0) is 24.8. The summed E-state index contributed by atoms with van der Waals surface area (Å²) in [5.74, 6) is -0.888. The number of carbonyl (C=O) groups is 1. The fraction of sp³-hybridized carbons (Fsp3) is 0.520. The highest BCUT2D eigenvalue weighted by atomic mass is 19.4. The maximum Gasteiger partial charge on any atom is 0.451 e. The molecule has 0 spiro atoms. The van der Waals surface area contributed by atoms with Gasteiger partial charge < -0.3 is 15.5 Å². The number of nitrogens with one attached hydrogen (secondary N) is 2. The second kappa shape index (κ2) is 11.0. The minimum atomic E-state index is -4.68. The minimum Gasteiger partial charge on any atom is -0.367 e. The summed E-state index contributed by atoms with van der Waals surface area (Å²) in [5, 5.41) is 15.3. The van der Waals surface area contributed by atoms with Crippen LogP contribution in [0.4, 0.5) is 24.8 Å². The molecule has 1 aromatic heterocycles. The highest BCUT2D eigenvalue weighted by molar-refractivity contribution is 5.87. The number of benzene rings is 1. The topological polar surface area (TPSA) is 93.9 Å². The second-order valence-corrected chi connectivity index (χ2v) is 9.08. The molecule has 2 aliphatic rings. The van der Waals surface area contributed by atoms with Gasteiger partial charge >= 0.3 is 6.18 Å². The molecule has 2 saturated heterocycles. The summed E-state index contributed by atoms with van der Waals surface area (Å²) < 4.78 is 40.7. The van der Waals surface area contributed by atoms with Crippen LogP contribution in [0.1, 0.15) is 55.5 Å². The number of Topliss-reactive ketones (excluding diaryl/α,β-unsaturated/α-hetero) is 1. The van der Waals surface area contributed by atoms with Crippen molar-refractivity contribution in [1.29, 1.82) is 5.26 Å². The molecule has 3 heterocycles. The van der Waals surface area contributed by atoms with E-state index < -0.39 is 18.0 Å². The number of aryl methyl sites for hydroxylation is 1. The molecular weight excluding hydrogens is 457 g/mol. The van der Waals surface area contributed by atoms with Gasteiger partial charge in [0.2, 0.25) is 5.82 Å². The Morgan fingerprint density at radius 3 is 2.60 bits per heavy atom. The van der Waals surface area contributed by atoms with Crippen molar-refractivity contribution in [1.82, 2.24) is 15.3 Å². The van der Waals surface area contributed by atoms with E-state index in [0.717, 1.165) is 31.5 Å². The average molecular weight is 487 g/mol. The molecule has 35 heavy (non-hydrogen) atoms. The fourth-order valence-corrected chi connectivity index (χ4v) is 4.71. The summed E-state index contributed by atoms with van der Waals surface area (Å²) in [4.78, 5) is 22.3. The Morgan fingerprint density at radius 1 is 1.17 bits per heavy atom. The van der Waals surface area contributed by atoms with Crippen LogP contribution in [0.3, 0.4) is 0 Å². The number of piperidine rings is 1. The number of rotatable bonds is 8. The van der Waals surface area contributed by atoms with Gasteiger partial charge in [-0.25, -0.2) is 9.97 Å². The van der Waals surface area contributed by atoms with Crippen LogP contribution in [-0.4, -0.2) is 47.5 Å². The third kappa shape index (κ3) is 6.48. The summed E-state index contributed by atoms with van der Waals surface area (Å²) in [6.45, 7) is 2.08. The Hall–Kier alpha value is -3.19. The van der Waals surface area contributed by atoms with Crippen LogP contribution in [0.15, 0.2) is 30.3 Å². The molecule has 2 fully saturated rings. The van der Waals surface area contributed by atoms with E-state index in [1.54, 1.807) is 23.1 Å². The quantitative estimate of drug-likeness (QED) is 0.580. The van der Waals surface area contributed by atoms with E-state index in [0.29, 0.717) is 44.2 Å². The first kappa shape index (κ1) is 24.9. The van der Waals surface area contributed by atoms with Crippen LogP contribution in [0.2, 0.25) is 0 Å². The minimum absolute atomic E-state index is 0.0104. The smallest absolute Gasteiger partial charge is 0.367 e. The Labute approximate surface area is 202 Å². The molecule has 2 N–H and O–H groups in total. The number of aromatic nitrogens is 2. The van der Waals surface area contributed by atoms with Gasteiger partial charge in [0, 0.05) is 25.1 Å². The van der Waals surface area contributed by atoms with Gasteiger partial charge in [-0.1, -0.05) is 12.1 Å². The molecule has 2 aliphatic heterocycles. The van der Waals surface area contributed by atoms with Crippen LogP contribution in [0, 0.1) is 11.3 Å². The first-order valence-corrected chi connectivity index (χ1v) is 12.1. The number of nitriles is 1. The van der Waals surface area contributed by atoms with Gasteiger partial charge in [0.15, 0.2) is 5.78 Å². The third-order valence-electron chi connectivity index (χ3n) is 6.55. The number of ketones is 1. The van der Waals surface area contributed by atoms with Gasteiger partial charge in [0.1, 0.15) is 11.6 Å². The zero-order valence-corrected chi connectivity index (χ0v) is 19.4. The number of carbonyl (C=O) groups excluding carboxylic acids is 1. The Kier molecular flexibility index (Phi) is 7.86. The van der Waals surface area contributed by atoms with E-state index in [2.05, 4.69) is 26.7 Å². The van der Waals surface area contributed by atoms with E-state index in [4.69, 9.17) is 5.26 Å². The normalized spacial score (nSPS) is 18.9. The maximum atomic E-state index is 13.6. The van der Waals surface area contributed by atoms with Crippen molar-refractivity contribution in [2.45, 2.75) is 63.2 Å². The average Bonchev–Trinajstić information content (AvgIpc) is 3.35. The van der Waals surface area contributed by atoms with Gasteiger partial charge in [-0.05, 0) is 69.3 Å². The zero-order valence-electron chi connectivity index (χ0n) is 19.4. The van der Waals surface area contributed by atoms with Crippen LogP contribution >= 0.6 is 0 Å². The molecule has 1 atom stereocenters. The lowest BCUT2D eigenvalue weighted by molar-refractivity contribution is -0.144. The van der Waals surface area contributed by atoms with Crippen molar-refractivity contribution in [3.63, 3.8) is 0 Å². The third-order valence-corrected chi connectivity index (χ3v) is 6.55. The Bertz CT molecular complexity index is 1060. The lowest BCUT2D eigenvalue weighted by atomic mass is 10.0. The standard InChI is InChI=1S/C25H29F3N6O/c26-25(27,28)24-32-22(31-19-10-12-30-13-11-19)15-23(33-24)34-14-2-4-20(34)21(35)5-1-3-17-6-8-18(16-29)9-7-17/h6-9,15,19-20,30H,1-5,10-14H2,(H,31,32,33)/t20-/m0/s1. The summed E-state index contributed by atoms with van der Waals surface area (Å²) in [5.41, 5.74) is 1.63. The summed E-state index contributed by atoms with van der Waals surface area (Å²) in [7, 11) is 0. The molecule has 0 saturated carbocycles. The van der Waals surface area contributed by atoms with Crippen LogP contribution in [0.25, 0.3) is 0 Å². The van der Waals surface area contributed by atoms with Crippen molar-refractivity contribution >= 4 is 17.4 Å². The molecule has 1 aromatic carbocycles. The van der Waals surface area contributed by atoms with Crippen LogP contribution in [0.5, 0.6) is 0 Å². The first-order chi connectivity index (χ1) is 16.8. The predicted octanol–water partition coefficient (Wildman–Crippen LogP) is 4.09. The summed E-state index contributed by atoms with van der Waals surface area (Å²) >= 11 is 0. The van der Waals surface area contributed by atoms with Gasteiger partial charge in [0.05, 0.1) is 17.7 Å². The van der Waals surface area contributed by atoms with E-state index in [1.165, 1.54) is 0 Å². The lowest BCUT2D eigenvalue weighted by Gasteiger charge is -2.27. The number of anilines is 2. The van der Waals surface area contributed by atoms with Gasteiger partial charge in [-0.2, -0.15) is 18.4 Å². The number of halogens is 3. The number of hydrogen-bond donors (Lipinski definition) is 2. The largest absolute Gasteiger partial charge is 0.451 e. The molecule has 7 nitrogen and oxygen atoms in total. The molecule has 0 bridgehead atoms. The summed E-state index contributed by atoms with van der Waals surface area (Å²) in [6, 6.07) is 10.4. The van der Waals surface area contributed by atoms with E-state index in [9.17, 15) is 18.0 Å². The van der Waals surface area contributed by atoms with Crippen LogP contribution < -0.4 is 15.5 Å². The first-order valence-electron chi connectivity index (χ1n) is 12.1. The highest BCUT2D eigenvalue weighted by Crippen LogP contribution is 2.32. The fourth-order valence-electron chi connectivity index (χ4n) is 4.71. The van der Waals surface area contributed by atoms with Crippen molar-refractivity contribution in [2.75, 3.05) is 29.9 Å². The van der Waals surface area contributed by atoms with E-state index in [-0.39, 0.29) is 23.5 Å². The van der Waals surface area contributed by atoms with Crippen molar-refractivity contribution in [3.8, 4) is 6.07 Å². The molecule has 2 aromatic rings. The van der Waals surface area contributed by atoms with Crippen LogP contribution in [-0.2, 0) is 17.4 Å². The molecular formula is C25H29F3N6O. The second-order valence-electron chi connectivity index (χ2n) is 9.08. The number of alkyl halides is 3. The number of nitrogens with zero attached hydrogens (tertiary/aromatic N) is 4. The Morgan fingerprint density at radius 2 is 1.91 bits per heavy atom. The molecule has 0 amide bonds. The molecule has 0 unspecified atom stereocenters.